The van der Waals surface area contributed by atoms with Gasteiger partial charge in [-0.1, -0.05) is 28.1 Å². The zero-order chi connectivity index (χ0) is 15.6. The number of para-hydroxylation sites is 1. The van der Waals surface area contributed by atoms with E-state index in [0.29, 0.717) is 5.56 Å². The fraction of sp³-hybridized carbons (Fsp3) is 0.143. The lowest BCUT2D eigenvalue weighted by Gasteiger charge is -2.14. The van der Waals surface area contributed by atoms with Crippen LogP contribution in [0.3, 0.4) is 0 Å². The summed E-state index contributed by atoms with van der Waals surface area (Å²) < 4.78 is 70.7. The van der Waals surface area contributed by atoms with E-state index < -0.39 is 34.9 Å². The molecular formula is C14H8BrF5O. The average Bonchev–Trinajstić information content (AvgIpc) is 2.42. The van der Waals surface area contributed by atoms with Crippen molar-refractivity contribution in [3.05, 3.63) is 59.2 Å². The summed E-state index contributed by atoms with van der Waals surface area (Å²) >= 11 is 3.03. The van der Waals surface area contributed by atoms with E-state index in [1.54, 1.807) is 0 Å². The minimum atomic E-state index is -4.68. The Morgan fingerprint density at radius 2 is 1.57 bits per heavy atom. The summed E-state index contributed by atoms with van der Waals surface area (Å²) in [6.45, 7) is 0. The van der Waals surface area contributed by atoms with Crippen LogP contribution in [-0.2, 0) is 11.5 Å². The Morgan fingerprint density at radius 1 is 1.00 bits per heavy atom. The van der Waals surface area contributed by atoms with E-state index in [2.05, 4.69) is 15.9 Å². The summed E-state index contributed by atoms with van der Waals surface area (Å²) in [7, 11) is 0. The van der Waals surface area contributed by atoms with Gasteiger partial charge in [0.25, 0.3) is 0 Å². The molecule has 0 aromatic heterocycles. The zero-order valence-corrected chi connectivity index (χ0v) is 11.9. The van der Waals surface area contributed by atoms with Crippen molar-refractivity contribution in [2.45, 2.75) is 11.5 Å². The second-order valence-electron chi connectivity index (χ2n) is 4.12. The molecular weight excluding hydrogens is 359 g/mol. The summed E-state index contributed by atoms with van der Waals surface area (Å²) in [5.41, 5.74) is -0.796. The second kappa shape index (κ2) is 6.01. The fourth-order valence-corrected chi connectivity index (χ4v) is 2.01. The topological polar surface area (TPSA) is 9.23 Å². The van der Waals surface area contributed by atoms with Crippen molar-refractivity contribution < 1.29 is 26.7 Å². The van der Waals surface area contributed by atoms with Crippen molar-refractivity contribution >= 4 is 15.9 Å². The third kappa shape index (κ3) is 3.53. The SMILES string of the molecule is Fc1cc(CBr)cc(F)c1Oc1ccccc1C(F)(F)F. The molecule has 2 aromatic carbocycles. The predicted molar refractivity (Wildman–Crippen MR) is 70.5 cm³/mol. The third-order valence-corrected chi connectivity index (χ3v) is 3.26. The van der Waals surface area contributed by atoms with Gasteiger partial charge in [-0.25, -0.2) is 8.78 Å². The summed E-state index contributed by atoms with van der Waals surface area (Å²) in [5.74, 6) is -3.66. The van der Waals surface area contributed by atoms with Crippen LogP contribution in [0.1, 0.15) is 11.1 Å². The standard InChI is InChI=1S/C14H8BrF5O/c15-7-8-5-10(16)13(11(17)6-8)21-12-4-2-1-3-9(12)14(18,19)20/h1-6H,7H2. The maximum Gasteiger partial charge on any atom is 0.419 e. The Labute approximate surface area is 125 Å². The number of benzene rings is 2. The first-order valence-electron chi connectivity index (χ1n) is 5.71. The van der Waals surface area contributed by atoms with Crippen LogP contribution in [0.5, 0.6) is 11.5 Å². The summed E-state index contributed by atoms with van der Waals surface area (Å²) in [5, 5.41) is 0.209. The summed E-state index contributed by atoms with van der Waals surface area (Å²) in [6.07, 6.45) is -4.68. The highest BCUT2D eigenvalue weighted by Gasteiger charge is 2.34. The van der Waals surface area contributed by atoms with Crippen LogP contribution in [0.15, 0.2) is 36.4 Å². The molecule has 0 fully saturated rings. The van der Waals surface area contributed by atoms with Crippen LogP contribution in [0.2, 0.25) is 0 Å². The van der Waals surface area contributed by atoms with Gasteiger partial charge < -0.3 is 4.74 Å². The van der Waals surface area contributed by atoms with Crippen molar-refractivity contribution in [1.82, 2.24) is 0 Å². The number of hydrogen-bond acceptors (Lipinski definition) is 1. The molecule has 0 aliphatic rings. The molecule has 0 bridgehead atoms. The highest BCUT2D eigenvalue weighted by molar-refractivity contribution is 9.08. The molecule has 0 N–H and O–H groups in total. The van der Waals surface area contributed by atoms with Gasteiger partial charge in [-0.3, -0.25) is 0 Å². The molecule has 112 valence electrons. The van der Waals surface area contributed by atoms with Crippen LogP contribution < -0.4 is 4.74 Å². The molecule has 0 spiro atoms. The van der Waals surface area contributed by atoms with E-state index in [1.807, 2.05) is 0 Å². The molecule has 21 heavy (non-hydrogen) atoms. The van der Waals surface area contributed by atoms with Gasteiger partial charge in [0.2, 0.25) is 0 Å². The Balaban J connectivity index is 2.44. The Bertz CT molecular complexity index is 631. The lowest BCUT2D eigenvalue weighted by atomic mass is 10.2. The molecule has 7 heteroatoms. The van der Waals surface area contributed by atoms with Crippen LogP contribution in [-0.4, -0.2) is 0 Å². The van der Waals surface area contributed by atoms with Crippen LogP contribution in [0, 0.1) is 11.6 Å². The van der Waals surface area contributed by atoms with Crippen LogP contribution >= 0.6 is 15.9 Å². The maximum absolute atomic E-state index is 13.7. The number of hydrogen-bond donors (Lipinski definition) is 0. The van der Waals surface area contributed by atoms with Gasteiger partial charge in [-0.2, -0.15) is 13.2 Å². The number of alkyl halides is 4. The van der Waals surface area contributed by atoms with Gasteiger partial charge in [0.1, 0.15) is 5.75 Å². The fourth-order valence-electron chi connectivity index (χ4n) is 1.69. The molecule has 0 unspecified atom stereocenters. The molecule has 2 aromatic rings. The highest BCUT2D eigenvalue weighted by atomic mass is 79.9. The maximum atomic E-state index is 13.7. The van der Waals surface area contributed by atoms with Gasteiger partial charge in [-0.15, -0.1) is 0 Å². The van der Waals surface area contributed by atoms with E-state index >= 15 is 0 Å². The number of halogens is 6. The average molecular weight is 367 g/mol. The van der Waals surface area contributed by atoms with Crippen molar-refractivity contribution in [3.63, 3.8) is 0 Å². The minimum Gasteiger partial charge on any atom is -0.451 e. The molecule has 0 aliphatic carbocycles. The quantitative estimate of drug-likeness (QED) is 0.502. The normalized spacial score (nSPS) is 11.5. The first-order chi connectivity index (χ1) is 9.82. The van der Waals surface area contributed by atoms with E-state index in [0.717, 1.165) is 30.3 Å². The largest absolute Gasteiger partial charge is 0.451 e. The van der Waals surface area contributed by atoms with Gasteiger partial charge in [0.05, 0.1) is 5.56 Å². The molecule has 0 aliphatic heterocycles. The Kier molecular flexibility index (Phi) is 4.51. The molecule has 0 amide bonds. The number of ether oxygens (including phenoxy) is 1. The second-order valence-corrected chi connectivity index (χ2v) is 4.68. The predicted octanol–water partition coefficient (Wildman–Crippen LogP) is 5.67. The Morgan fingerprint density at radius 3 is 2.10 bits per heavy atom. The van der Waals surface area contributed by atoms with E-state index in [-0.39, 0.29) is 5.33 Å². The highest BCUT2D eigenvalue weighted by Crippen LogP contribution is 2.39. The smallest absolute Gasteiger partial charge is 0.419 e. The molecule has 0 heterocycles. The molecule has 1 nitrogen and oxygen atoms in total. The molecule has 0 saturated heterocycles. The van der Waals surface area contributed by atoms with Crippen LogP contribution in [0.4, 0.5) is 22.0 Å². The lowest BCUT2D eigenvalue weighted by molar-refractivity contribution is -0.138. The van der Waals surface area contributed by atoms with Gasteiger partial charge in [0.15, 0.2) is 17.4 Å². The van der Waals surface area contributed by atoms with E-state index in [9.17, 15) is 22.0 Å². The Hall–Kier alpha value is -1.63. The van der Waals surface area contributed by atoms with Gasteiger partial charge in [0, 0.05) is 5.33 Å². The van der Waals surface area contributed by atoms with Crippen molar-refractivity contribution in [3.8, 4) is 11.5 Å². The van der Waals surface area contributed by atoms with Crippen molar-refractivity contribution in [2.75, 3.05) is 0 Å². The van der Waals surface area contributed by atoms with Gasteiger partial charge in [-0.05, 0) is 29.8 Å². The van der Waals surface area contributed by atoms with Crippen molar-refractivity contribution in [2.24, 2.45) is 0 Å². The lowest BCUT2D eigenvalue weighted by Crippen LogP contribution is -2.07. The third-order valence-electron chi connectivity index (χ3n) is 2.62. The monoisotopic (exact) mass is 366 g/mol. The molecule has 0 radical (unpaired) electrons. The number of rotatable bonds is 3. The van der Waals surface area contributed by atoms with Crippen LogP contribution in [0.25, 0.3) is 0 Å². The van der Waals surface area contributed by atoms with Gasteiger partial charge >= 0.3 is 6.18 Å². The first-order valence-corrected chi connectivity index (χ1v) is 6.83. The summed E-state index contributed by atoms with van der Waals surface area (Å²) in [4.78, 5) is 0. The van der Waals surface area contributed by atoms with Crippen molar-refractivity contribution in [1.29, 1.82) is 0 Å². The summed E-state index contributed by atoms with van der Waals surface area (Å²) in [6, 6.07) is 6.20. The van der Waals surface area contributed by atoms with E-state index in [4.69, 9.17) is 4.74 Å². The molecule has 0 atom stereocenters. The first kappa shape index (κ1) is 15.8. The molecule has 0 saturated carbocycles. The zero-order valence-electron chi connectivity index (χ0n) is 10.3. The van der Waals surface area contributed by atoms with E-state index in [1.165, 1.54) is 6.07 Å². The molecule has 2 rings (SSSR count). The minimum absolute atomic E-state index is 0.209.